The number of rotatable bonds is 3. The number of aryl methyl sites for hydroxylation is 3. The fourth-order valence-electron chi connectivity index (χ4n) is 2.42. The molecule has 0 radical (unpaired) electrons. The van der Waals surface area contributed by atoms with Gasteiger partial charge < -0.3 is 10.1 Å². The van der Waals surface area contributed by atoms with Crippen LogP contribution in [-0.2, 0) is 0 Å². The molecule has 2 aromatic rings. The molecule has 2 aromatic carbocycles. The number of benzene rings is 2. The molecule has 1 N–H and O–H groups in total. The highest BCUT2D eigenvalue weighted by molar-refractivity contribution is 9.10. The van der Waals surface area contributed by atoms with Crippen LogP contribution >= 0.6 is 15.9 Å². The number of ether oxygens (including phenoxy) is 1. The number of amides is 1. The Balaban J connectivity index is 2.37. The SMILES string of the molecule is COc1ccc(Br)cc1C(=O)Nc1c(C)cc(C)cc1C. The van der Waals surface area contributed by atoms with Gasteiger partial charge >= 0.3 is 0 Å². The van der Waals surface area contributed by atoms with Crippen molar-refractivity contribution in [2.24, 2.45) is 0 Å². The summed E-state index contributed by atoms with van der Waals surface area (Å²) in [4.78, 5) is 12.5. The number of nitrogens with one attached hydrogen (secondary N) is 1. The minimum atomic E-state index is -0.178. The Labute approximate surface area is 133 Å². The van der Waals surface area contributed by atoms with Crippen molar-refractivity contribution in [1.29, 1.82) is 0 Å². The lowest BCUT2D eigenvalue weighted by atomic mass is 10.0. The number of methoxy groups -OCH3 is 1. The first kappa shape index (κ1) is 15.6. The third-order valence-corrected chi connectivity index (χ3v) is 3.81. The lowest BCUT2D eigenvalue weighted by molar-refractivity contribution is 0.102. The topological polar surface area (TPSA) is 38.3 Å². The third kappa shape index (κ3) is 3.45. The molecule has 0 aromatic heterocycles. The summed E-state index contributed by atoms with van der Waals surface area (Å²) in [6.07, 6.45) is 0. The van der Waals surface area contributed by atoms with Crippen molar-refractivity contribution in [2.75, 3.05) is 12.4 Å². The molecule has 0 aliphatic heterocycles. The van der Waals surface area contributed by atoms with Crippen LogP contribution < -0.4 is 10.1 Å². The van der Waals surface area contributed by atoms with Gasteiger partial charge in [-0.15, -0.1) is 0 Å². The number of halogens is 1. The number of hydrogen-bond acceptors (Lipinski definition) is 2. The first-order valence-corrected chi connectivity index (χ1v) is 7.44. The predicted molar refractivity (Wildman–Crippen MR) is 89.3 cm³/mol. The molecule has 0 aliphatic carbocycles. The molecule has 0 bridgehead atoms. The zero-order valence-corrected chi connectivity index (χ0v) is 14.2. The van der Waals surface area contributed by atoms with Crippen molar-refractivity contribution in [1.82, 2.24) is 0 Å². The van der Waals surface area contributed by atoms with E-state index in [9.17, 15) is 4.79 Å². The molecule has 4 heteroatoms. The van der Waals surface area contributed by atoms with Gasteiger partial charge in [-0.25, -0.2) is 0 Å². The maximum absolute atomic E-state index is 12.5. The highest BCUT2D eigenvalue weighted by Gasteiger charge is 2.15. The summed E-state index contributed by atoms with van der Waals surface area (Å²) in [5.74, 6) is 0.376. The zero-order valence-electron chi connectivity index (χ0n) is 12.6. The first-order chi connectivity index (χ1) is 9.92. The average molecular weight is 348 g/mol. The molecule has 110 valence electrons. The van der Waals surface area contributed by atoms with Gasteiger partial charge in [-0.1, -0.05) is 33.6 Å². The van der Waals surface area contributed by atoms with E-state index in [0.29, 0.717) is 11.3 Å². The van der Waals surface area contributed by atoms with Crippen LogP contribution in [0.4, 0.5) is 5.69 Å². The van der Waals surface area contributed by atoms with Gasteiger partial charge in [0.2, 0.25) is 0 Å². The normalized spacial score (nSPS) is 10.3. The number of carbonyl (C=O) groups is 1. The Morgan fingerprint density at radius 1 is 1.10 bits per heavy atom. The van der Waals surface area contributed by atoms with E-state index in [1.165, 1.54) is 5.56 Å². The molecule has 0 spiro atoms. The van der Waals surface area contributed by atoms with Crippen LogP contribution in [0.3, 0.4) is 0 Å². The summed E-state index contributed by atoms with van der Waals surface area (Å²) < 4.78 is 6.10. The standard InChI is InChI=1S/C17H18BrNO2/c1-10-7-11(2)16(12(3)8-10)19-17(20)14-9-13(18)5-6-15(14)21-4/h5-9H,1-4H3,(H,19,20). The summed E-state index contributed by atoms with van der Waals surface area (Å²) >= 11 is 3.38. The molecular formula is C17H18BrNO2. The molecule has 1 amide bonds. The van der Waals surface area contributed by atoms with E-state index in [2.05, 4.69) is 33.4 Å². The van der Waals surface area contributed by atoms with E-state index >= 15 is 0 Å². The lowest BCUT2D eigenvalue weighted by Crippen LogP contribution is -2.15. The van der Waals surface area contributed by atoms with E-state index in [1.807, 2.05) is 26.8 Å². The van der Waals surface area contributed by atoms with Gasteiger partial charge in [-0.05, 0) is 50.1 Å². The van der Waals surface area contributed by atoms with Gasteiger partial charge in [-0.3, -0.25) is 4.79 Å². The zero-order chi connectivity index (χ0) is 15.6. The lowest BCUT2D eigenvalue weighted by Gasteiger charge is -2.14. The van der Waals surface area contributed by atoms with Crippen molar-refractivity contribution >= 4 is 27.5 Å². The maximum Gasteiger partial charge on any atom is 0.259 e. The molecular weight excluding hydrogens is 330 g/mol. The number of hydrogen-bond donors (Lipinski definition) is 1. The predicted octanol–water partition coefficient (Wildman–Crippen LogP) is 4.64. The van der Waals surface area contributed by atoms with Crippen molar-refractivity contribution in [2.45, 2.75) is 20.8 Å². The molecule has 0 saturated carbocycles. The van der Waals surface area contributed by atoms with Crippen LogP contribution in [0.15, 0.2) is 34.8 Å². The Morgan fingerprint density at radius 3 is 2.29 bits per heavy atom. The Bertz CT molecular complexity index is 672. The third-order valence-electron chi connectivity index (χ3n) is 3.32. The highest BCUT2D eigenvalue weighted by Crippen LogP contribution is 2.26. The van der Waals surface area contributed by atoms with Crippen LogP contribution in [0.2, 0.25) is 0 Å². The van der Waals surface area contributed by atoms with Gasteiger partial charge in [0.05, 0.1) is 12.7 Å². The molecule has 0 unspecified atom stereocenters. The fraction of sp³-hybridized carbons (Fsp3) is 0.235. The van der Waals surface area contributed by atoms with E-state index in [4.69, 9.17) is 4.74 Å². The van der Waals surface area contributed by atoms with Gasteiger partial charge in [0, 0.05) is 10.2 Å². The molecule has 3 nitrogen and oxygen atoms in total. The van der Waals surface area contributed by atoms with Gasteiger partial charge in [0.1, 0.15) is 5.75 Å². The molecule has 0 atom stereocenters. The fourth-order valence-corrected chi connectivity index (χ4v) is 2.78. The van der Waals surface area contributed by atoms with Gasteiger partial charge in [0.25, 0.3) is 5.91 Å². The summed E-state index contributed by atoms with van der Waals surface area (Å²) in [6, 6.07) is 9.49. The number of anilines is 1. The Morgan fingerprint density at radius 2 is 1.71 bits per heavy atom. The van der Waals surface area contributed by atoms with Gasteiger partial charge in [0.15, 0.2) is 0 Å². The summed E-state index contributed by atoms with van der Waals surface area (Å²) in [5.41, 5.74) is 4.64. The number of carbonyl (C=O) groups excluding carboxylic acids is 1. The first-order valence-electron chi connectivity index (χ1n) is 6.65. The second-order valence-electron chi connectivity index (χ2n) is 5.07. The van der Waals surface area contributed by atoms with Crippen LogP contribution in [0, 0.1) is 20.8 Å². The smallest absolute Gasteiger partial charge is 0.259 e. The van der Waals surface area contributed by atoms with Crippen molar-refractivity contribution in [3.8, 4) is 5.75 Å². The van der Waals surface area contributed by atoms with Crippen molar-refractivity contribution in [3.63, 3.8) is 0 Å². The van der Waals surface area contributed by atoms with Crippen LogP contribution in [0.25, 0.3) is 0 Å². The van der Waals surface area contributed by atoms with Crippen LogP contribution in [-0.4, -0.2) is 13.0 Å². The molecule has 0 saturated heterocycles. The molecule has 0 heterocycles. The largest absolute Gasteiger partial charge is 0.496 e. The van der Waals surface area contributed by atoms with E-state index in [-0.39, 0.29) is 5.91 Å². The summed E-state index contributed by atoms with van der Waals surface area (Å²) in [5, 5.41) is 2.98. The van der Waals surface area contributed by atoms with Crippen LogP contribution in [0.5, 0.6) is 5.75 Å². The van der Waals surface area contributed by atoms with Crippen molar-refractivity contribution < 1.29 is 9.53 Å². The summed E-state index contributed by atoms with van der Waals surface area (Å²) in [6.45, 7) is 6.03. The highest BCUT2D eigenvalue weighted by atomic mass is 79.9. The van der Waals surface area contributed by atoms with Crippen molar-refractivity contribution in [3.05, 3.63) is 57.1 Å². The molecule has 0 aliphatic rings. The minimum absolute atomic E-state index is 0.178. The maximum atomic E-state index is 12.5. The van der Waals surface area contributed by atoms with E-state index < -0.39 is 0 Å². The Kier molecular flexibility index (Phi) is 4.68. The average Bonchev–Trinajstić information content (AvgIpc) is 2.42. The molecule has 21 heavy (non-hydrogen) atoms. The second kappa shape index (κ2) is 6.31. The molecule has 0 fully saturated rings. The second-order valence-corrected chi connectivity index (χ2v) is 5.99. The molecule has 2 rings (SSSR count). The van der Waals surface area contributed by atoms with E-state index in [1.54, 1.807) is 19.2 Å². The quantitative estimate of drug-likeness (QED) is 0.878. The van der Waals surface area contributed by atoms with E-state index in [0.717, 1.165) is 21.3 Å². The summed E-state index contributed by atoms with van der Waals surface area (Å²) in [7, 11) is 1.56. The van der Waals surface area contributed by atoms with Gasteiger partial charge in [-0.2, -0.15) is 0 Å². The minimum Gasteiger partial charge on any atom is -0.496 e. The van der Waals surface area contributed by atoms with Crippen LogP contribution in [0.1, 0.15) is 27.0 Å². The monoisotopic (exact) mass is 347 g/mol. The Hall–Kier alpha value is -1.81.